The molecule has 7 nitrogen and oxygen atoms in total. The predicted octanol–water partition coefficient (Wildman–Crippen LogP) is 3.66. The zero-order chi connectivity index (χ0) is 20.2. The number of alkyl halides is 3. The van der Waals surface area contributed by atoms with Crippen molar-refractivity contribution in [3.8, 4) is 5.75 Å². The van der Waals surface area contributed by atoms with Crippen molar-refractivity contribution in [3.63, 3.8) is 0 Å². The third-order valence-corrected chi connectivity index (χ3v) is 3.52. The number of hydrogen-bond acceptors (Lipinski definition) is 5. The Morgan fingerprint density at radius 1 is 1.30 bits per heavy atom. The van der Waals surface area contributed by atoms with Crippen LogP contribution in [0.4, 0.5) is 24.5 Å². The summed E-state index contributed by atoms with van der Waals surface area (Å²) in [5, 5.41) is 28.3. The number of thiocarbonyl (C=S) groups is 1. The van der Waals surface area contributed by atoms with Gasteiger partial charge >= 0.3 is 6.18 Å². The first-order chi connectivity index (χ1) is 12.6. The van der Waals surface area contributed by atoms with Crippen molar-refractivity contribution in [2.75, 3.05) is 5.32 Å². The van der Waals surface area contributed by atoms with E-state index in [-0.39, 0.29) is 21.4 Å². The monoisotopic (exact) mass is 417 g/mol. The minimum absolute atomic E-state index is 0.0532. The van der Waals surface area contributed by atoms with Crippen LogP contribution in [0.25, 0.3) is 0 Å². The molecule has 27 heavy (non-hydrogen) atoms. The van der Waals surface area contributed by atoms with Crippen LogP contribution in [0.2, 0.25) is 5.02 Å². The minimum Gasteiger partial charge on any atom is -0.867 e. The van der Waals surface area contributed by atoms with Gasteiger partial charge in [0.05, 0.1) is 22.4 Å². The molecule has 0 bridgehead atoms. The smallest absolute Gasteiger partial charge is 0.418 e. The molecule has 0 radical (unpaired) electrons. The molecule has 0 unspecified atom stereocenters. The highest BCUT2D eigenvalue weighted by molar-refractivity contribution is 7.80. The Morgan fingerprint density at radius 2 is 1.96 bits per heavy atom. The number of anilines is 1. The van der Waals surface area contributed by atoms with Crippen LogP contribution in [0.15, 0.2) is 41.5 Å². The van der Waals surface area contributed by atoms with E-state index in [1.165, 1.54) is 18.2 Å². The standard InChI is InChI=1S/C15H10ClF3N4O3S/c16-9-5-8(13(24)12(6-9)23(25)26)7-20-22-14(27)21-11-4-2-1-3-10(11)15(17,18)19/h1-7,24H,(H2,21,22,27)/p-1/b20-7-. The molecule has 0 fully saturated rings. The van der Waals surface area contributed by atoms with Gasteiger partial charge in [-0.1, -0.05) is 23.7 Å². The van der Waals surface area contributed by atoms with Gasteiger partial charge in [0.25, 0.3) is 5.69 Å². The van der Waals surface area contributed by atoms with Crippen LogP contribution in [0, 0.1) is 10.1 Å². The summed E-state index contributed by atoms with van der Waals surface area (Å²) >= 11 is 10.5. The molecule has 2 N–H and O–H groups in total. The van der Waals surface area contributed by atoms with E-state index in [0.717, 1.165) is 24.4 Å². The normalized spacial score (nSPS) is 11.4. The highest BCUT2D eigenvalue weighted by Gasteiger charge is 2.33. The highest BCUT2D eigenvalue weighted by Crippen LogP contribution is 2.34. The minimum atomic E-state index is -4.58. The van der Waals surface area contributed by atoms with Crippen LogP contribution in [0.5, 0.6) is 5.75 Å². The Kier molecular flexibility index (Phi) is 6.18. The van der Waals surface area contributed by atoms with Crippen molar-refractivity contribution in [2.24, 2.45) is 5.10 Å². The average Bonchev–Trinajstić information content (AvgIpc) is 2.57. The van der Waals surface area contributed by atoms with E-state index in [1.54, 1.807) is 0 Å². The first-order valence-electron chi connectivity index (χ1n) is 7.01. The van der Waals surface area contributed by atoms with Crippen LogP contribution < -0.4 is 15.8 Å². The van der Waals surface area contributed by atoms with Crippen molar-refractivity contribution >= 4 is 46.5 Å². The van der Waals surface area contributed by atoms with E-state index in [9.17, 15) is 28.4 Å². The Labute approximate surface area is 160 Å². The highest BCUT2D eigenvalue weighted by atomic mass is 35.5. The molecule has 0 atom stereocenters. The Hall–Kier alpha value is -2.92. The zero-order valence-electron chi connectivity index (χ0n) is 13.1. The van der Waals surface area contributed by atoms with Crippen LogP contribution in [0.3, 0.4) is 0 Å². The van der Waals surface area contributed by atoms with Crippen LogP contribution in [-0.4, -0.2) is 16.3 Å². The number of nitro groups is 1. The summed E-state index contributed by atoms with van der Waals surface area (Å²) < 4.78 is 38.8. The number of nitrogens with zero attached hydrogens (tertiary/aromatic N) is 2. The number of halogens is 4. The largest absolute Gasteiger partial charge is 0.867 e. The number of hydrogen-bond donors (Lipinski definition) is 2. The maximum atomic E-state index is 12.9. The van der Waals surface area contributed by atoms with Gasteiger partial charge in [0, 0.05) is 11.1 Å². The summed E-state index contributed by atoms with van der Waals surface area (Å²) in [4.78, 5) is 9.90. The lowest BCUT2D eigenvalue weighted by molar-refractivity contribution is -0.398. The molecule has 0 heterocycles. The lowest BCUT2D eigenvalue weighted by Crippen LogP contribution is -2.25. The van der Waals surface area contributed by atoms with E-state index in [0.29, 0.717) is 0 Å². The maximum absolute atomic E-state index is 12.9. The third kappa shape index (κ3) is 5.28. The summed E-state index contributed by atoms with van der Waals surface area (Å²) in [6, 6.07) is 6.72. The fourth-order valence-corrected chi connectivity index (χ4v) is 2.36. The Morgan fingerprint density at radius 3 is 2.59 bits per heavy atom. The van der Waals surface area contributed by atoms with Gasteiger partial charge in [-0.2, -0.15) is 18.3 Å². The molecule has 0 saturated carbocycles. The third-order valence-electron chi connectivity index (χ3n) is 3.11. The molecular formula is C15H9ClF3N4O3S-. The summed E-state index contributed by atoms with van der Waals surface area (Å²) in [5.41, 5.74) is 0.0807. The average molecular weight is 418 g/mol. The second kappa shape index (κ2) is 8.18. The number of nitrogens with one attached hydrogen (secondary N) is 2. The van der Waals surface area contributed by atoms with Gasteiger partial charge in [-0.3, -0.25) is 15.5 Å². The molecule has 0 saturated heterocycles. The first-order valence-corrected chi connectivity index (χ1v) is 7.79. The number of nitro benzene ring substituents is 1. The van der Waals surface area contributed by atoms with Crippen molar-refractivity contribution in [2.45, 2.75) is 6.18 Å². The topological polar surface area (TPSA) is 103 Å². The summed E-state index contributed by atoms with van der Waals surface area (Å²) in [5.74, 6) is -0.920. The van der Waals surface area contributed by atoms with Gasteiger partial charge in [-0.25, -0.2) is 0 Å². The molecule has 0 amide bonds. The fourth-order valence-electron chi connectivity index (χ4n) is 1.98. The number of benzene rings is 2. The van der Waals surface area contributed by atoms with Gasteiger partial charge < -0.3 is 10.4 Å². The second-order valence-corrected chi connectivity index (χ2v) is 5.81. The molecule has 142 valence electrons. The number of para-hydroxylation sites is 1. The van der Waals surface area contributed by atoms with Gasteiger partial charge in [0.1, 0.15) is 0 Å². The van der Waals surface area contributed by atoms with E-state index in [4.69, 9.17) is 23.8 Å². The molecule has 2 aromatic rings. The van der Waals surface area contributed by atoms with Crippen molar-refractivity contribution in [1.82, 2.24) is 5.43 Å². The summed E-state index contributed by atoms with van der Waals surface area (Å²) in [6.45, 7) is 0. The van der Waals surface area contributed by atoms with Gasteiger partial charge in [0.2, 0.25) is 0 Å². The van der Waals surface area contributed by atoms with Crippen molar-refractivity contribution in [3.05, 3.63) is 62.7 Å². The molecule has 0 aliphatic carbocycles. The summed E-state index contributed by atoms with van der Waals surface area (Å²) in [6.07, 6.45) is -3.66. The van der Waals surface area contributed by atoms with Crippen molar-refractivity contribution < 1.29 is 23.2 Å². The van der Waals surface area contributed by atoms with Crippen LogP contribution >= 0.6 is 23.8 Å². The van der Waals surface area contributed by atoms with E-state index < -0.39 is 28.1 Å². The first kappa shape index (κ1) is 20.4. The SMILES string of the molecule is O=[N+]([O-])c1cc(Cl)cc(/C=N\NC(=S)Nc2ccccc2C(F)(F)F)c1[O-]. The predicted molar refractivity (Wildman–Crippen MR) is 95.9 cm³/mol. The number of hydrazone groups is 1. The molecular weight excluding hydrogens is 409 g/mol. The van der Waals surface area contributed by atoms with E-state index in [2.05, 4.69) is 15.8 Å². The van der Waals surface area contributed by atoms with Crippen molar-refractivity contribution in [1.29, 1.82) is 0 Å². The number of rotatable bonds is 4. The molecule has 0 aliphatic heterocycles. The van der Waals surface area contributed by atoms with E-state index in [1.807, 2.05) is 0 Å². The van der Waals surface area contributed by atoms with Crippen LogP contribution in [-0.2, 0) is 6.18 Å². The zero-order valence-corrected chi connectivity index (χ0v) is 14.7. The second-order valence-electron chi connectivity index (χ2n) is 4.97. The molecule has 0 spiro atoms. The van der Waals surface area contributed by atoms with Crippen LogP contribution in [0.1, 0.15) is 11.1 Å². The van der Waals surface area contributed by atoms with Gasteiger partial charge in [-0.15, -0.1) is 0 Å². The maximum Gasteiger partial charge on any atom is 0.418 e. The van der Waals surface area contributed by atoms with E-state index >= 15 is 0 Å². The molecule has 2 rings (SSSR count). The summed E-state index contributed by atoms with van der Waals surface area (Å²) in [7, 11) is 0. The fraction of sp³-hybridized carbons (Fsp3) is 0.0667. The lowest BCUT2D eigenvalue weighted by atomic mass is 10.2. The van der Waals surface area contributed by atoms with Gasteiger partial charge in [-0.05, 0) is 41.7 Å². The Bertz CT molecular complexity index is 922. The van der Waals surface area contributed by atoms with Gasteiger partial charge in [0.15, 0.2) is 5.11 Å². The quantitative estimate of drug-likeness (QED) is 0.340. The lowest BCUT2D eigenvalue weighted by Gasteiger charge is -2.14. The molecule has 0 aromatic heterocycles. The molecule has 2 aromatic carbocycles. The molecule has 12 heteroatoms. The Balaban J connectivity index is 2.13. The molecule has 0 aliphatic rings.